The van der Waals surface area contributed by atoms with Crippen molar-refractivity contribution >= 4 is 0 Å². The zero-order chi connectivity index (χ0) is 9.10. The number of ether oxygens (including phenoxy) is 2. The minimum Gasteiger partial charge on any atom is -0.490 e. The number of aromatic nitrogens is 1. The number of rotatable bonds is 3. The van der Waals surface area contributed by atoms with Crippen LogP contribution in [0.2, 0.25) is 0 Å². The van der Waals surface area contributed by atoms with Crippen molar-refractivity contribution in [1.82, 2.24) is 4.98 Å². The van der Waals surface area contributed by atoms with Gasteiger partial charge in [0.25, 0.3) is 0 Å². The van der Waals surface area contributed by atoms with Crippen molar-refractivity contribution in [1.29, 1.82) is 0 Å². The molecule has 1 aromatic heterocycles. The Bertz CT molecular complexity index is 257. The summed E-state index contributed by atoms with van der Waals surface area (Å²) in [5, 5.41) is 0. The van der Waals surface area contributed by atoms with E-state index in [1.54, 1.807) is 19.5 Å². The van der Waals surface area contributed by atoms with Gasteiger partial charge in [-0.2, -0.15) is 0 Å². The van der Waals surface area contributed by atoms with Gasteiger partial charge in [0.1, 0.15) is 11.9 Å². The van der Waals surface area contributed by atoms with E-state index in [9.17, 15) is 0 Å². The summed E-state index contributed by atoms with van der Waals surface area (Å²) in [6, 6.07) is 3.75. The van der Waals surface area contributed by atoms with Crippen molar-refractivity contribution in [3.8, 4) is 5.75 Å². The predicted octanol–water partition coefficient (Wildman–Crippen LogP) is 1.64. The molecule has 0 N–H and O–H groups in total. The van der Waals surface area contributed by atoms with Crippen LogP contribution in [-0.2, 0) is 4.74 Å². The van der Waals surface area contributed by atoms with Gasteiger partial charge in [-0.05, 0) is 12.1 Å². The van der Waals surface area contributed by atoms with Crippen molar-refractivity contribution in [2.24, 2.45) is 0 Å². The van der Waals surface area contributed by atoms with Gasteiger partial charge >= 0.3 is 0 Å². The van der Waals surface area contributed by atoms with E-state index in [1.807, 2.05) is 12.1 Å². The zero-order valence-electron chi connectivity index (χ0n) is 7.64. The number of hydrogen-bond donors (Lipinski definition) is 0. The van der Waals surface area contributed by atoms with E-state index in [1.165, 1.54) is 0 Å². The van der Waals surface area contributed by atoms with Crippen molar-refractivity contribution in [3.05, 3.63) is 24.5 Å². The SMILES string of the molecule is COC1CC(Oc2ccncc2)C1. The zero-order valence-corrected chi connectivity index (χ0v) is 7.64. The van der Waals surface area contributed by atoms with Crippen LogP contribution in [0.4, 0.5) is 0 Å². The molecule has 1 aliphatic rings. The van der Waals surface area contributed by atoms with E-state index in [2.05, 4.69) is 4.98 Å². The van der Waals surface area contributed by atoms with Crippen molar-refractivity contribution < 1.29 is 9.47 Å². The van der Waals surface area contributed by atoms with Gasteiger partial charge in [0.15, 0.2) is 0 Å². The van der Waals surface area contributed by atoms with E-state index in [0.717, 1.165) is 18.6 Å². The molecular formula is C10H13NO2. The van der Waals surface area contributed by atoms with Crippen molar-refractivity contribution in [2.75, 3.05) is 7.11 Å². The monoisotopic (exact) mass is 179 g/mol. The molecule has 0 saturated heterocycles. The first-order valence-corrected chi connectivity index (χ1v) is 4.48. The third-order valence-electron chi connectivity index (χ3n) is 2.34. The van der Waals surface area contributed by atoms with Gasteiger partial charge in [-0.3, -0.25) is 4.98 Å². The van der Waals surface area contributed by atoms with Crippen LogP contribution in [0.5, 0.6) is 5.75 Å². The number of nitrogens with zero attached hydrogens (tertiary/aromatic N) is 1. The van der Waals surface area contributed by atoms with Crippen LogP contribution in [-0.4, -0.2) is 24.3 Å². The smallest absolute Gasteiger partial charge is 0.122 e. The molecule has 0 atom stereocenters. The molecular weight excluding hydrogens is 166 g/mol. The third-order valence-corrected chi connectivity index (χ3v) is 2.34. The largest absolute Gasteiger partial charge is 0.490 e. The van der Waals surface area contributed by atoms with E-state index >= 15 is 0 Å². The maximum absolute atomic E-state index is 5.66. The molecule has 0 radical (unpaired) electrons. The minimum absolute atomic E-state index is 0.326. The lowest BCUT2D eigenvalue weighted by Crippen LogP contribution is -2.38. The highest BCUT2D eigenvalue weighted by molar-refractivity contribution is 5.17. The standard InChI is InChI=1S/C10H13NO2/c1-12-9-6-10(7-9)13-8-2-4-11-5-3-8/h2-5,9-10H,6-7H2,1H3. The molecule has 3 nitrogen and oxygen atoms in total. The Kier molecular flexibility index (Phi) is 2.45. The predicted molar refractivity (Wildman–Crippen MR) is 48.7 cm³/mol. The average molecular weight is 179 g/mol. The summed E-state index contributed by atoms with van der Waals surface area (Å²) in [5.41, 5.74) is 0. The van der Waals surface area contributed by atoms with E-state index in [0.29, 0.717) is 12.2 Å². The summed E-state index contributed by atoms with van der Waals surface area (Å²) in [6.07, 6.45) is 6.19. The third kappa shape index (κ3) is 1.98. The molecule has 0 spiro atoms. The first-order chi connectivity index (χ1) is 6.38. The molecule has 1 heterocycles. The van der Waals surface area contributed by atoms with Gasteiger partial charge in [0, 0.05) is 32.3 Å². The molecule has 1 aromatic rings. The second kappa shape index (κ2) is 3.75. The molecule has 0 amide bonds. The summed E-state index contributed by atoms with van der Waals surface area (Å²) < 4.78 is 10.8. The average Bonchev–Trinajstić information content (AvgIpc) is 2.12. The molecule has 0 bridgehead atoms. The molecule has 1 fully saturated rings. The first kappa shape index (κ1) is 8.51. The fourth-order valence-electron chi connectivity index (χ4n) is 1.42. The Morgan fingerprint density at radius 2 is 1.92 bits per heavy atom. The molecule has 13 heavy (non-hydrogen) atoms. The maximum atomic E-state index is 5.66. The van der Waals surface area contributed by atoms with Crippen molar-refractivity contribution in [2.45, 2.75) is 25.0 Å². The molecule has 1 saturated carbocycles. The fraction of sp³-hybridized carbons (Fsp3) is 0.500. The summed E-state index contributed by atoms with van der Waals surface area (Å²) in [5.74, 6) is 0.898. The lowest BCUT2D eigenvalue weighted by molar-refractivity contribution is -0.0381. The quantitative estimate of drug-likeness (QED) is 0.706. The van der Waals surface area contributed by atoms with Gasteiger partial charge in [-0.25, -0.2) is 0 Å². The highest BCUT2D eigenvalue weighted by atomic mass is 16.5. The van der Waals surface area contributed by atoms with Crippen LogP contribution in [0.25, 0.3) is 0 Å². The van der Waals surface area contributed by atoms with Gasteiger partial charge in [0.2, 0.25) is 0 Å². The summed E-state index contributed by atoms with van der Waals surface area (Å²) >= 11 is 0. The van der Waals surface area contributed by atoms with E-state index in [4.69, 9.17) is 9.47 Å². The first-order valence-electron chi connectivity index (χ1n) is 4.48. The molecule has 0 unspecified atom stereocenters. The van der Waals surface area contributed by atoms with Crippen LogP contribution in [0.1, 0.15) is 12.8 Å². The summed E-state index contributed by atoms with van der Waals surface area (Å²) in [4.78, 5) is 3.92. The Labute approximate surface area is 77.7 Å². The topological polar surface area (TPSA) is 31.4 Å². The number of methoxy groups -OCH3 is 1. The maximum Gasteiger partial charge on any atom is 0.122 e. The Morgan fingerprint density at radius 3 is 2.54 bits per heavy atom. The van der Waals surface area contributed by atoms with Crippen LogP contribution < -0.4 is 4.74 Å². The fourth-order valence-corrected chi connectivity index (χ4v) is 1.42. The summed E-state index contributed by atoms with van der Waals surface area (Å²) in [7, 11) is 1.74. The van der Waals surface area contributed by atoms with Gasteiger partial charge in [-0.15, -0.1) is 0 Å². The highest BCUT2D eigenvalue weighted by Gasteiger charge is 2.30. The van der Waals surface area contributed by atoms with Crippen molar-refractivity contribution in [3.63, 3.8) is 0 Å². The number of hydrogen-bond acceptors (Lipinski definition) is 3. The Balaban J connectivity index is 1.81. The second-order valence-electron chi connectivity index (χ2n) is 3.25. The number of pyridine rings is 1. The Hall–Kier alpha value is -1.09. The van der Waals surface area contributed by atoms with E-state index < -0.39 is 0 Å². The van der Waals surface area contributed by atoms with E-state index in [-0.39, 0.29) is 0 Å². The van der Waals surface area contributed by atoms with Crippen LogP contribution in [0.3, 0.4) is 0 Å². The van der Waals surface area contributed by atoms with Crippen LogP contribution in [0, 0.1) is 0 Å². The highest BCUT2D eigenvalue weighted by Crippen LogP contribution is 2.27. The minimum atomic E-state index is 0.326. The van der Waals surface area contributed by atoms with Crippen LogP contribution in [0.15, 0.2) is 24.5 Å². The molecule has 3 heteroatoms. The molecule has 2 rings (SSSR count). The van der Waals surface area contributed by atoms with Gasteiger partial charge < -0.3 is 9.47 Å². The molecule has 0 aliphatic heterocycles. The lowest BCUT2D eigenvalue weighted by atomic mass is 9.92. The summed E-state index contributed by atoms with van der Waals surface area (Å²) in [6.45, 7) is 0. The van der Waals surface area contributed by atoms with Gasteiger partial charge in [0.05, 0.1) is 6.10 Å². The molecule has 0 aromatic carbocycles. The van der Waals surface area contributed by atoms with Gasteiger partial charge in [-0.1, -0.05) is 0 Å². The normalized spacial score (nSPS) is 26.5. The Morgan fingerprint density at radius 1 is 1.23 bits per heavy atom. The second-order valence-corrected chi connectivity index (χ2v) is 3.25. The molecule has 1 aliphatic carbocycles. The lowest BCUT2D eigenvalue weighted by Gasteiger charge is -2.34. The molecule has 70 valence electrons. The van der Waals surface area contributed by atoms with Crippen LogP contribution >= 0.6 is 0 Å².